The quantitative estimate of drug-likeness (QED) is 0.638. The molecule has 1 fully saturated rings. The number of benzene rings is 1. The van der Waals surface area contributed by atoms with E-state index in [0.717, 1.165) is 12.1 Å². The molecule has 2 aromatic rings. The van der Waals surface area contributed by atoms with Crippen molar-refractivity contribution in [2.75, 3.05) is 19.7 Å². The second kappa shape index (κ2) is 6.43. The van der Waals surface area contributed by atoms with E-state index in [-0.39, 0.29) is 11.8 Å². The van der Waals surface area contributed by atoms with Crippen LogP contribution in [0, 0.1) is 10.1 Å². The lowest BCUT2D eigenvalue weighted by molar-refractivity contribution is -0.385. The molecular weight excluding hydrogens is 308 g/mol. The van der Waals surface area contributed by atoms with Crippen LogP contribution in [0.25, 0.3) is 0 Å². The molecular formula is C14H15ClN4O3. The number of aromatic nitrogens is 2. The third kappa shape index (κ3) is 3.27. The van der Waals surface area contributed by atoms with Crippen molar-refractivity contribution >= 4 is 17.3 Å². The minimum Gasteiger partial charge on any atom is -0.371 e. The number of rotatable bonds is 4. The molecule has 0 aliphatic carbocycles. The molecule has 3 rings (SSSR count). The largest absolute Gasteiger partial charge is 0.371 e. The maximum Gasteiger partial charge on any atom is 0.307 e. The fraction of sp³-hybridized carbons (Fsp3) is 0.357. The van der Waals surface area contributed by atoms with Crippen LogP contribution in [0.3, 0.4) is 0 Å². The summed E-state index contributed by atoms with van der Waals surface area (Å²) >= 11 is 6.21. The Morgan fingerprint density at radius 2 is 2.27 bits per heavy atom. The summed E-state index contributed by atoms with van der Waals surface area (Å²) in [5, 5.41) is 15.4. The maximum absolute atomic E-state index is 10.7. The third-order valence-corrected chi connectivity index (χ3v) is 3.92. The zero-order valence-electron chi connectivity index (χ0n) is 11.8. The Bertz CT molecular complexity index is 676. The molecule has 0 N–H and O–H groups in total. The van der Waals surface area contributed by atoms with Crippen molar-refractivity contribution in [2.45, 2.75) is 12.8 Å². The Balaban J connectivity index is 1.68. The van der Waals surface area contributed by atoms with Crippen LogP contribution in [0.2, 0.25) is 5.02 Å². The Labute approximate surface area is 132 Å². The monoisotopic (exact) mass is 322 g/mol. The Hall–Kier alpha value is -1.96. The van der Waals surface area contributed by atoms with Crippen LogP contribution < -0.4 is 0 Å². The second-order valence-electron chi connectivity index (χ2n) is 5.09. The summed E-state index contributed by atoms with van der Waals surface area (Å²) in [5.41, 5.74) is 0.955. The van der Waals surface area contributed by atoms with Crippen LogP contribution >= 0.6 is 11.6 Å². The molecule has 1 unspecified atom stereocenters. The highest BCUT2D eigenvalue weighted by molar-refractivity contribution is 6.31. The van der Waals surface area contributed by atoms with Crippen LogP contribution in [0.5, 0.6) is 0 Å². The molecule has 0 bridgehead atoms. The summed E-state index contributed by atoms with van der Waals surface area (Å²) in [5.74, 6) is 0. The van der Waals surface area contributed by atoms with E-state index in [4.69, 9.17) is 16.3 Å². The van der Waals surface area contributed by atoms with Crippen LogP contribution in [0.15, 0.2) is 36.7 Å². The van der Waals surface area contributed by atoms with Crippen molar-refractivity contribution in [2.24, 2.45) is 0 Å². The Morgan fingerprint density at radius 3 is 3.00 bits per heavy atom. The SMILES string of the molecule is O=[N+]([O-])c1cnn(CN2CCOC(c3ccccc3Cl)C2)c1. The molecule has 7 nitrogen and oxygen atoms in total. The number of halogens is 1. The highest BCUT2D eigenvalue weighted by atomic mass is 35.5. The lowest BCUT2D eigenvalue weighted by Gasteiger charge is -2.33. The van der Waals surface area contributed by atoms with Crippen molar-refractivity contribution in [3.63, 3.8) is 0 Å². The molecule has 22 heavy (non-hydrogen) atoms. The van der Waals surface area contributed by atoms with E-state index in [0.29, 0.717) is 24.8 Å². The lowest BCUT2D eigenvalue weighted by Crippen LogP contribution is -2.39. The van der Waals surface area contributed by atoms with Crippen molar-refractivity contribution in [3.05, 3.63) is 57.4 Å². The van der Waals surface area contributed by atoms with Gasteiger partial charge in [0.1, 0.15) is 12.4 Å². The van der Waals surface area contributed by atoms with Gasteiger partial charge in [-0.3, -0.25) is 19.7 Å². The summed E-state index contributed by atoms with van der Waals surface area (Å²) in [6.45, 7) is 2.48. The summed E-state index contributed by atoms with van der Waals surface area (Å²) in [7, 11) is 0. The fourth-order valence-corrected chi connectivity index (χ4v) is 2.74. The van der Waals surface area contributed by atoms with E-state index in [1.165, 1.54) is 12.4 Å². The van der Waals surface area contributed by atoms with Crippen molar-refractivity contribution in [1.82, 2.24) is 14.7 Å². The van der Waals surface area contributed by atoms with E-state index in [9.17, 15) is 10.1 Å². The van der Waals surface area contributed by atoms with E-state index < -0.39 is 4.92 Å². The molecule has 0 spiro atoms. The summed E-state index contributed by atoms with van der Waals surface area (Å²) in [4.78, 5) is 12.4. The number of nitrogens with zero attached hydrogens (tertiary/aromatic N) is 4. The fourth-order valence-electron chi connectivity index (χ4n) is 2.48. The van der Waals surface area contributed by atoms with Gasteiger partial charge in [-0.25, -0.2) is 0 Å². The first-order valence-electron chi connectivity index (χ1n) is 6.89. The normalized spacial score (nSPS) is 19.2. The highest BCUT2D eigenvalue weighted by Gasteiger charge is 2.24. The van der Waals surface area contributed by atoms with Gasteiger partial charge in [-0.15, -0.1) is 0 Å². The molecule has 1 aliphatic heterocycles. The average Bonchev–Trinajstić information content (AvgIpc) is 2.97. The zero-order valence-corrected chi connectivity index (χ0v) is 12.5. The molecule has 8 heteroatoms. The molecule has 0 saturated carbocycles. The standard InChI is InChI=1S/C14H15ClN4O3/c15-13-4-2-1-3-12(13)14-9-17(5-6-22-14)10-18-8-11(7-16-18)19(20)21/h1-4,7-8,14H,5-6,9-10H2. The first kappa shape index (κ1) is 15.0. The lowest BCUT2D eigenvalue weighted by atomic mass is 10.1. The average molecular weight is 323 g/mol. The van der Waals surface area contributed by atoms with Gasteiger partial charge in [0.05, 0.1) is 24.3 Å². The van der Waals surface area contributed by atoms with Gasteiger partial charge in [-0.05, 0) is 6.07 Å². The minimum absolute atomic E-state index is 0.00378. The molecule has 1 aromatic carbocycles. The minimum atomic E-state index is -0.449. The van der Waals surface area contributed by atoms with Gasteiger partial charge >= 0.3 is 5.69 Å². The van der Waals surface area contributed by atoms with Gasteiger partial charge in [0.15, 0.2) is 0 Å². The molecule has 2 heterocycles. The number of hydrogen-bond acceptors (Lipinski definition) is 5. The smallest absolute Gasteiger partial charge is 0.307 e. The van der Waals surface area contributed by atoms with E-state index in [2.05, 4.69) is 10.00 Å². The van der Waals surface area contributed by atoms with Gasteiger partial charge in [0.25, 0.3) is 0 Å². The van der Waals surface area contributed by atoms with Crippen LogP contribution in [0.1, 0.15) is 11.7 Å². The molecule has 1 aromatic heterocycles. The van der Waals surface area contributed by atoms with Crippen molar-refractivity contribution < 1.29 is 9.66 Å². The topological polar surface area (TPSA) is 73.4 Å². The number of hydrogen-bond donors (Lipinski definition) is 0. The zero-order chi connectivity index (χ0) is 15.5. The van der Waals surface area contributed by atoms with Gasteiger partial charge in [-0.1, -0.05) is 29.8 Å². The number of ether oxygens (including phenoxy) is 1. The van der Waals surface area contributed by atoms with Crippen LogP contribution in [-0.4, -0.2) is 39.3 Å². The molecule has 1 saturated heterocycles. The van der Waals surface area contributed by atoms with Crippen LogP contribution in [-0.2, 0) is 11.4 Å². The highest BCUT2D eigenvalue weighted by Crippen LogP contribution is 2.28. The van der Waals surface area contributed by atoms with E-state index >= 15 is 0 Å². The number of nitro groups is 1. The Kier molecular flexibility index (Phi) is 4.37. The van der Waals surface area contributed by atoms with E-state index in [1.54, 1.807) is 4.68 Å². The maximum atomic E-state index is 10.7. The summed E-state index contributed by atoms with van der Waals surface area (Å²) < 4.78 is 7.35. The van der Waals surface area contributed by atoms with Gasteiger partial charge in [0, 0.05) is 23.7 Å². The molecule has 0 radical (unpaired) electrons. The number of morpholine rings is 1. The summed E-state index contributed by atoms with van der Waals surface area (Å²) in [6, 6.07) is 7.61. The predicted octanol–water partition coefficient (Wildman–Crippen LogP) is 2.48. The van der Waals surface area contributed by atoms with Crippen molar-refractivity contribution in [1.29, 1.82) is 0 Å². The third-order valence-electron chi connectivity index (χ3n) is 3.58. The molecule has 116 valence electrons. The second-order valence-corrected chi connectivity index (χ2v) is 5.50. The molecule has 0 amide bonds. The van der Waals surface area contributed by atoms with Gasteiger partial charge in [-0.2, -0.15) is 5.10 Å². The van der Waals surface area contributed by atoms with Gasteiger partial charge in [0.2, 0.25) is 0 Å². The van der Waals surface area contributed by atoms with Crippen molar-refractivity contribution in [3.8, 4) is 0 Å². The van der Waals surface area contributed by atoms with Gasteiger partial charge < -0.3 is 4.74 Å². The molecule has 1 aliphatic rings. The predicted molar refractivity (Wildman–Crippen MR) is 80.6 cm³/mol. The van der Waals surface area contributed by atoms with Crippen LogP contribution in [0.4, 0.5) is 5.69 Å². The molecule has 1 atom stereocenters. The first-order chi connectivity index (χ1) is 10.6. The van der Waals surface area contributed by atoms with E-state index in [1.807, 2.05) is 24.3 Å². The summed E-state index contributed by atoms with van der Waals surface area (Å²) in [6.07, 6.45) is 2.58. The first-order valence-corrected chi connectivity index (χ1v) is 7.26. The Morgan fingerprint density at radius 1 is 1.45 bits per heavy atom.